The molecule has 1 N–H and O–H groups in total. The van der Waals surface area contributed by atoms with Crippen molar-refractivity contribution >= 4 is 34.7 Å². The lowest BCUT2D eigenvalue weighted by Crippen LogP contribution is -2.29. The number of anilines is 1. The van der Waals surface area contributed by atoms with Crippen molar-refractivity contribution in [2.45, 2.75) is 39.2 Å². The van der Waals surface area contributed by atoms with E-state index >= 15 is 0 Å². The Labute approximate surface area is 199 Å². The zero-order chi connectivity index (χ0) is 23.9. The van der Waals surface area contributed by atoms with Gasteiger partial charge in [-0.05, 0) is 59.4 Å². The molecule has 1 amide bonds. The van der Waals surface area contributed by atoms with Gasteiger partial charge in [0.05, 0.1) is 11.6 Å². The topological polar surface area (TPSA) is 57.6 Å². The molecule has 0 spiro atoms. The third-order valence-electron chi connectivity index (χ3n) is 6.02. The minimum atomic E-state index is -0.776. The number of hydrogen-bond donors (Lipinski definition) is 1. The maximum Gasteiger partial charge on any atom is 0.300 e. The predicted molar refractivity (Wildman–Crippen MR) is 133 cm³/mol. The third kappa shape index (κ3) is 4.19. The molecule has 0 radical (unpaired) electrons. The fraction of sp³-hybridized carbons (Fsp3) is 0.214. The van der Waals surface area contributed by atoms with Crippen LogP contribution in [0.4, 0.5) is 5.69 Å². The van der Waals surface area contributed by atoms with Gasteiger partial charge >= 0.3 is 0 Å². The van der Waals surface area contributed by atoms with E-state index < -0.39 is 17.7 Å². The molecule has 4 nitrogen and oxygen atoms in total. The quantitative estimate of drug-likeness (QED) is 0.273. The number of aliphatic hydroxyl groups excluding tert-OH is 1. The second-order valence-corrected chi connectivity index (χ2v) is 9.77. The number of rotatable bonds is 3. The zero-order valence-corrected chi connectivity index (χ0v) is 19.9. The molecule has 1 saturated heterocycles. The van der Waals surface area contributed by atoms with Gasteiger partial charge in [-0.15, -0.1) is 0 Å². The van der Waals surface area contributed by atoms with Gasteiger partial charge in [-0.1, -0.05) is 74.8 Å². The highest BCUT2D eigenvalue weighted by atomic mass is 35.5. The highest BCUT2D eigenvalue weighted by molar-refractivity contribution is 6.51. The van der Waals surface area contributed by atoms with E-state index in [2.05, 4.69) is 20.8 Å². The Bertz CT molecular complexity index is 1250. The molecule has 1 atom stereocenters. The van der Waals surface area contributed by atoms with Crippen molar-refractivity contribution < 1.29 is 14.7 Å². The van der Waals surface area contributed by atoms with Crippen molar-refractivity contribution in [1.82, 2.24) is 0 Å². The normalized spacial score (nSPS) is 18.1. The molecule has 4 rings (SSSR count). The predicted octanol–water partition coefficient (Wildman–Crippen LogP) is 6.57. The van der Waals surface area contributed by atoms with Crippen LogP contribution in [0, 0.1) is 6.92 Å². The first-order valence-corrected chi connectivity index (χ1v) is 11.2. The molecule has 5 heteroatoms. The Balaban J connectivity index is 1.97. The van der Waals surface area contributed by atoms with Crippen LogP contribution in [0.25, 0.3) is 5.76 Å². The average molecular weight is 460 g/mol. The second-order valence-electron chi connectivity index (χ2n) is 9.34. The van der Waals surface area contributed by atoms with E-state index in [1.54, 1.807) is 36.4 Å². The minimum Gasteiger partial charge on any atom is -0.507 e. The summed E-state index contributed by atoms with van der Waals surface area (Å²) < 4.78 is 0. The van der Waals surface area contributed by atoms with Crippen molar-refractivity contribution in [3.63, 3.8) is 0 Å². The minimum absolute atomic E-state index is 0.0698. The molecule has 0 aliphatic carbocycles. The molecule has 1 fully saturated rings. The molecule has 0 saturated carbocycles. The maximum absolute atomic E-state index is 13.3. The Morgan fingerprint density at radius 1 is 0.939 bits per heavy atom. The summed E-state index contributed by atoms with van der Waals surface area (Å²) in [7, 11) is 0. The van der Waals surface area contributed by atoms with E-state index in [1.165, 1.54) is 4.90 Å². The number of benzene rings is 3. The Hall–Kier alpha value is -3.37. The lowest BCUT2D eigenvalue weighted by molar-refractivity contribution is -0.132. The zero-order valence-electron chi connectivity index (χ0n) is 19.1. The number of ketones is 1. The number of amides is 1. The van der Waals surface area contributed by atoms with Gasteiger partial charge in [-0.2, -0.15) is 0 Å². The van der Waals surface area contributed by atoms with Gasteiger partial charge in [0.1, 0.15) is 5.76 Å². The van der Waals surface area contributed by atoms with Crippen molar-refractivity contribution in [1.29, 1.82) is 0 Å². The van der Waals surface area contributed by atoms with Crippen LogP contribution in [0.2, 0.25) is 5.02 Å². The summed E-state index contributed by atoms with van der Waals surface area (Å²) in [5.74, 6) is -1.56. The maximum atomic E-state index is 13.3. The van der Waals surface area contributed by atoms with E-state index in [-0.39, 0.29) is 16.7 Å². The van der Waals surface area contributed by atoms with Crippen LogP contribution in [0.3, 0.4) is 0 Å². The van der Waals surface area contributed by atoms with Crippen molar-refractivity contribution in [3.05, 3.63) is 106 Å². The Morgan fingerprint density at radius 2 is 1.58 bits per heavy atom. The third-order valence-corrected chi connectivity index (χ3v) is 6.28. The average Bonchev–Trinajstić information content (AvgIpc) is 3.04. The van der Waals surface area contributed by atoms with Crippen LogP contribution < -0.4 is 4.90 Å². The first-order chi connectivity index (χ1) is 15.6. The summed E-state index contributed by atoms with van der Waals surface area (Å²) >= 11 is 6.10. The van der Waals surface area contributed by atoms with Gasteiger partial charge < -0.3 is 5.11 Å². The molecule has 1 aliphatic heterocycles. The summed E-state index contributed by atoms with van der Waals surface area (Å²) in [4.78, 5) is 28.0. The van der Waals surface area contributed by atoms with Crippen molar-refractivity contribution in [2.24, 2.45) is 0 Å². The second kappa shape index (κ2) is 8.53. The lowest BCUT2D eigenvalue weighted by atomic mass is 9.84. The van der Waals surface area contributed by atoms with Crippen LogP contribution in [-0.2, 0) is 15.0 Å². The van der Waals surface area contributed by atoms with Gasteiger partial charge in [-0.3, -0.25) is 14.5 Å². The van der Waals surface area contributed by atoms with Crippen LogP contribution >= 0.6 is 11.6 Å². The lowest BCUT2D eigenvalue weighted by Gasteiger charge is -2.26. The summed E-state index contributed by atoms with van der Waals surface area (Å²) in [6.07, 6.45) is 0. The number of carbonyl (C=O) groups is 2. The number of Topliss-reactive ketones (excluding diaryl/α,β-unsaturated/α-hetero) is 1. The number of aryl methyl sites for hydroxylation is 1. The van der Waals surface area contributed by atoms with E-state index in [0.717, 1.165) is 11.1 Å². The molecular weight excluding hydrogens is 434 g/mol. The number of hydrogen-bond acceptors (Lipinski definition) is 3. The molecule has 3 aromatic rings. The summed E-state index contributed by atoms with van der Waals surface area (Å²) in [5, 5.41) is 12.0. The fourth-order valence-electron chi connectivity index (χ4n) is 4.14. The van der Waals surface area contributed by atoms with Crippen LogP contribution in [0.15, 0.2) is 78.4 Å². The largest absolute Gasteiger partial charge is 0.507 e. The monoisotopic (exact) mass is 459 g/mol. The summed E-state index contributed by atoms with van der Waals surface area (Å²) in [5.41, 5.74) is 3.59. The molecule has 0 aromatic heterocycles. The molecule has 1 aliphatic rings. The van der Waals surface area contributed by atoms with Gasteiger partial charge in [0.15, 0.2) is 0 Å². The van der Waals surface area contributed by atoms with E-state index in [0.29, 0.717) is 21.8 Å². The Morgan fingerprint density at radius 3 is 2.18 bits per heavy atom. The van der Waals surface area contributed by atoms with Gasteiger partial charge in [0.2, 0.25) is 0 Å². The standard InChI is InChI=1S/C28H26ClNO3/c1-17-10-13-19(28(2,3)4)16-22(17)25(31)23-24(18-11-14-20(29)15-12-18)30(27(33)26(23)32)21-8-6-5-7-9-21/h5-16,24,31H,1-4H3/b25-23+. The van der Waals surface area contributed by atoms with Crippen LogP contribution in [0.5, 0.6) is 0 Å². The Kier molecular flexibility index (Phi) is 5.89. The number of halogens is 1. The smallest absolute Gasteiger partial charge is 0.300 e. The summed E-state index contributed by atoms with van der Waals surface area (Å²) in [6.45, 7) is 8.14. The van der Waals surface area contributed by atoms with Crippen molar-refractivity contribution in [3.8, 4) is 0 Å². The first kappa shape index (κ1) is 22.8. The van der Waals surface area contributed by atoms with Crippen LogP contribution in [0.1, 0.15) is 49.1 Å². The highest BCUT2D eigenvalue weighted by Crippen LogP contribution is 2.43. The number of nitrogens with zero attached hydrogens (tertiary/aromatic N) is 1. The molecule has 33 heavy (non-hydrogen) atoms. The highest BCUT2D eigenvalue weighted by Gasteiger charge is 2.47. The number of aliphatic hydroxyl groups is 1. The summed E-state index contributed by atoms with van der Waals surface area (Å²) in [6, 6.07) is 21.1. The van der Waals surface area contributed by atoms with E-state index in [4.69, 9.17) is 11.6 Å². The van der Waals surface area contributed by atoms with Gasteiger partial charge in [0, 0.05) is 16.3 Å². The molecule has 1 heterocycles. The molecular formula is C28H26ClNO3. The van der Waals surface area contributed by atoms with Gasteiger partial charge in [0.25, 0.3) is 11.7 Å². The van der Waals surface area contributed by atoms with Crippen LogP contribution in [-0.4, -0.2) is 16.8 Å². The number of carbonyl (C=O) groups excluding carboxylic acids is 2. The van der Waals surface area contributed by atoms with E-state index in [1.807, 2.05) is 43.3 Å². The molecule has 3 aromatic carbocycles. The molecule has 1 unspecified atom stereocenters. The van der Waals surface area contributed by atoms with E-state index in [9.17, 15) is 14.7 Å². The first-order valence-electron chi connectivity index (χ1n) is 10.8. The SMILES string of the molecule is Cc1ccc(C(C)(C)C)cc1/C(O)=C1\C(=O)C(=O)N(c2ccccc2)C1c1ccc(Cl)cc1. The number of para-hydroxylation sites is 1. The fourth-order valence-corrected chi connectivity index (χ4v) is 4.26. The van der Waals surface area contributed by atoms with Crippen molar-refractivity contribution in [2.75, 3.05) is 4.90 Å². The van der Waals surface area contributed by atoms with Gasteiger partial charge in [-0.25, -0.2) is 0 Å². The molecule has 0 bridgehead atoms. The molecule has 168 valence electrons.